The number of piperazine rings is 1. The van der Waals surface area contributed by atoms with E-state index < -0.39 is 0 Å². The fraction of sp³-hybridized carbons (Fsp3) is 0.333. The maximum Gasteiger partial charge on any atom is 0.322 e. The average molecular weight is 326 g/mol. The quantitative estimate of drug-likeness (QED) is 0.892. The first-order chi connectivity index (χ1) is 11.6. The lowest BCUT2D eigenvalue weighted by Gasteiger charge is -2.27. The van der Waals surface area contributed by atoms with Crippen molar-refractivity contribution in [1.82, 2.24) is 15.2 Å². The van der Waals surface area contributed by atoms with Crippen LogP contribution >= 0.6 is 0 Å². The molecule has 2 fully saturated rings. The van der Waals surface area contributed by atoms with Gasteiger partial charge in [0.1, 0.15) is 5.82 Å². The number of carbonyl (C=O) groups excluding carboxylic acids is 1. The fourth-order valence-corrected chi connectivity index (χ4v) is 3.57. The molecule has 2 saturated heterocycles. The number of benzene rings is 1. The molecule has 0 radical (unpaired) electrons. The molecule has 2 amide bonds. The molecule has 2 aromatic rings. The molecule has 2 atom stereocenters. The van der Waals surface area contributed by atoms with Gasteiger partial charge in [0, 0.05) is 42.6 Å². The number of amides is 2. The predicted molar refractivity (Wildman–Crippen MR) is 90.3 cm³/mol. The van der Waals surface area contributed by atoms with Crippen LogP contribution in [0, 0.1) is 12.7 Å². The second-order valence-corrected chi connectivity index (χ2v) is 6.50. The molecular formula is C18H19FN4O. The second kappa shape index (κ2) is 5.87. The van der Waals surface area contributed by atoms with E-state index in [0.29, 0.717) is 17.3 Å². The van der Waals surface area contributed by atoms with Crippen LogP contribution in [0.15, 0.2) is 36.7 Å². The van der Waals surface area contributed by atoms with Crippen LogP contribution in [0.2, 0.25) is 0 Å². The van der Waals surface area contributed by atoms with Crippen molar-refractivity contribution in [2.75, 3.05) is 18.4 Å². The molecule has 0 unspecified atom stereocenters. The van der Waals surface area contributed by atoms with Gasteiger partial charge in [0.25, 0.3) is 0 Å². The molecule has 2 aliphatic heterocycles. The third-order valence-corrected chi connectivity index (χ3v) is 4.82. The number of nitrogens with one attached hydrogen (secondary N) is 2. The summed E-state index contributed by atoms with van der Waals surface area (Å²) in [5, 5.41) is 6.35. The van der Waals surface area contributed by atoms with Crippen LogP contribution in [0.4, 0.5) is 14.9 Å². The van der Waals surface area contributed by atoms with Crippen LogP contribution in [0.25, 0.3) is 11.1 Å². The van der Waals surface area contributed by atoms with Crippen molar-refractivity contribution >= 4 is 11.7 Å². The van der Waals surface area contributed by atoms with E-state index in [2.05, 4.69) is 15.6 Å². The van der Waals surface area contributed by atoms with E-state index in [1.54, 1.807) is 6.20 Å². The summed E-state index contributed by atoms with van der Waals surface area (Å²) >= 11 is 0. The summed E-state index contributed by atoms with van der Waals surface area (Å²) in [7, 11) is 0. The number of urea groups is 1. The maximum absolute atomic E-state index is 13.4. The lowest BCUT2D eigenvalue weighted by atomic mass is 10.0. The Kier molecular flexibility index (Phi) is 3.69. The van der Waals surface area contributed by atoms with Crippen LogP contribution in [-0.4, -0.2) is 41.1 Å². The largest absolute Gasteiger partial charge is 0.322 e. The predicted octanol–water partition coefficient (Wildman–Crippen LogP) is 2.77. The van der Waals surface area contributed by atoms with Gasteiger partial charge in [-0.15, -0.1) is 0 Å². The number of halogens is 1. The number of rotatable bonds is 2. The summed E-state index contributed by atoms with van der Waals surface area (Å²) in [6, 6.07) is 7.75. The number of likely N-dealkylation sites (tertiary alicyclic amines) is 1. The minimum Gasteiger partial charge on any atom is -0.319 e. The molecule has 0 spiro atoms. The molecule has 5 nitrogen and oxygen atoms in total. The van der Waals surface area contributed by atoms with Crippen LogP contribution in [0.3, 0.4) is 0 Å². The lowest BCUT2D eigenvalue weighted by molar-refractivity contribution is 0.199. The van der Waals surface area contributed by atoms with Gasteiger partial charge in [-0.25, -0.2) is 9.18 Å². The number of aromatic nitrogens is 1. The minimum atomic E-state index is -0.373. The summed E-state index contributed by atoms with van der Waals surface area (Å²) in [6.45, 7) is 3.58. The van der Waals surface area contributed by atoms with Gasteiger partial charge in [0.05, 0.1) is 6.20 Å². The Morgan fingerprint density at radius 1 is 1.38 bits per heavy atom. The average Bonchev–Trinajstić information content (AvgIpc) is 3.20. The van der Waals surface area contributed by atoms with Crippen LogP contribution in [0.1, 0.15) is 12.0 Å². The molecule has 2 bridgehead atoms. The number of hydrogen-bond acceptors (Lipinski definition) is 3. The summed E-state index contributed by atoms with van der Waals surface area (Å²) < 4.78 is 13.4. The van der Waals surface area contributed by atoms with Crippen molar-refractivity contribution in [2.45, 2.75) is 25.4 Å². The molecule has 1 aromatic heterocycles. The Hall–Kier alpha value is -2.47. The molecule has 124 valence electrons. The van der Waals surface area contributed by atoms with Crippen molar-refractivity contribution in [1.29, 1.82) is 0 Å². The van der Waals surface area contributed by atoms with Crippen molar-refractivity contribution in [3.8, 4) is 11.1 Å². The van der Waals surface area contributed by atoms with E-state index in [1.165, 1.54) is 12.3 Å². The van der Waals surface area contributed by atoms with Gasteiger partial charge in [-0.1, -0.05) is 6.07 Å². The molecule has 4 rings (SSSR count). The highest BCUT2D eigenvalue weighted by Gasteiger charge is 2.40. The topological polar surface area (TPSA) is 57.3 Å². The molecule has 2 N–H and O–H groups in total. The van der Waals surface area contributed by atoms with Crippen molar-refractivity contribution in [3.63, 3.8) is 0 Å². The first kappa shape index (κ1) is 15.1. The van der Waals surface area contributed by atoms with Gasteiger partial charge in [-0.2, -0.15) is 0 Å². The molecular weight excluding hydrogens is 307 g/mol. The number of pyridine rings is 1. The molecule has 0 aliphatic carbocycles. The summed E-state index contributed by atoms with van der Waals surface area (Å²) in [5.41, 5.74) is 3.28. The van der Waals surface area contributed by atoms with Gasteiger partial charge in [0.2, 0.25) is 0 Å². The highest BCUT2D eigenvalue weighted by molar-refractivity contribution is 5.91. The monoisotopic (exact) mass is 326 g/mol. The minimum absolute atomic E-state index is 0.0730. The summed E-state index contributed by atoms with van der Waals surface area (Å²) in [6.07, 6.45) is 3.84. The smallest absolute Gasteiger partial charge is 0.319 e. The van der Waals surface area contributed by atoms with Crippen LogP contribution in [-0.2, 0) is 0 Å². The normalized spacial score (nSPS) is 22.0. The number of aryl methyl sites for hydroxylation is 1. The van der Waals surface area contributed by atoms with Crippen molar-refractivity contribution in [2.24, 2.45) is 0 Å². The molecule has 6 heteroatoms. The molecule has 2 aliphatic rings. The Balaban J connectivity index is 1.56. The van der Waals surface area contributed by atoms with Crippen molar-refractivity contribution in [3.05, 3.63) is 48.0 Å². The Labute approximate surface area is 139 Å². The number of carbonyl (C=O) groups is 1. The standard InChI is InChI=1S/C18H19FN4O/c1-11-2-3-14(6-17(11)12-4-13(19)8-20-7-12)22-18(24)23-10-15-5-16(23)9-21-15/h2-4,6-8,15-16,21H,5,9-10H2,1H3,(H,22,24)/t15-,16-/m1/s1. The third kappa shape index (κ3) is 2.73. The Morgan fingerprint density at radius 3 is 2.96 bits per heavy atom. The Morgan fingerprint density at radius 2 is 2.25 bits per heavy atom. The first-order valence-corrected chi connectivity index (χ1v) is 8.13. The number of nitrogens with zero attached hydrogens (tertiary/aromatic N) is 2. The van der Waals surface area contributed by atoms with Gasteiger partial charge in [-0.3, -0.25) is 4.98 Å². The fourth-order valence-electron chi connectivity index (χ4n) is 3.57. The first-order valence-electron chi connectivity index (χ1n) is 8.13. The van der Waals surface area contributed by atoms with E-state index in [4.69, 9.17) is 0 Å². The zero-order valence-electron chi connectivity index (χ0n) is 13.4. The van der Waals surface area contributed by atoms with E-state index in [0.717, 1.165) is 30.6 Å². The van der Waals surface area contributed by atoms with E-state index in [9.17, 15) is 9.18 Å². The van der Waals surface area contributed by atoms with Gasteiger partial charge in [0.15, 0.2) is 0 Å². The second-order valence-electron chi connectivity index (χ2n) is 6.50. The Bertz CT molecular complexity index is 794. The molecule has 24 heavy (non-hydrogen) atoms. The molecule has 0 saturated carbocycles. The van der Waals surface area contributed by atoms with Crippen molar-refractivity contribution < 1.29 is 9.18 Å². The third-order valence-electron chi connectivity index (χ3n) is 4.82. The summed E-state index contributed by atoms with van der Waals surface area (Å²) in [4.78, 5) is 18.3. The number of fused-ring (bicyclic) bond motifs is 2. The van der Waals surface area contributed by atoms with E-state index >= 15 is 0 Å². The van der Waals surface area contributed by atoms with Gasteiger partial charge >= 0.3 is 6.03 Å². The lowest BCUT2D eigenvalue weighted by Crippen LogP contribution is -2.48. The van der Waals surface area contributed by atoms with E-state index in [-0.39, 0.29) is 17.9 Å². The SMILES string of the molecule is Cc1ccc(NC(=O)N2C[C@H]3C[C@@H]2CN3)cc1-c1cncc(F)c1. The van der Waals surface area contributed by atoms with E-state index in [1.807, 2.05) is 30.0 Å². The summed E-state index contributed by atoms with van der Waals surface area (Å²) in [5.74, 6) is -0.373. The number of hydrogen-bond donors (Lipinski definition) is 2. The zero-order valence-corrected chi connectivity index (χ0v) is 13.4. The zero-order chi connectivity index (χ0) is 16.7. The van der Waals surface area contributed by atoms with Crippen LogP contribution < -0.4 is 10.6 Å². The van der Waals surface area contributed by atoms with Crippen LogP contribution in [0.5, 0.6) is 0 Å². The maximum atomic E-state index is 13.4. The molecule has 1 aromatic carbocycles. The van der Waals surface area contributed by atoms with Gasteiger partial charge < -0.3 is 15.5 Å². The number of anilines is 1. The molecule has 3 heterocycles. The highest BCUT2D eigenvalue weighted by Crippen LogP contribution is 2.28. The highest BCUT2D eigenvalue weighted by atomic mass is 19.1. The van der Waals surface area contributed by atoms with Gasteiger partial charge in [-0.05, 0) is 42.7 Å².